The number of benzene rings is 1. The first-order valence-electron chi connectivity index (χ1n) is 8.45. The smallest absolute Gasteiger partial charge is 0.194 e. The summed E-state index contributed by atoms with van der Waals surface area (Å²) in [6, 6.07) is 12.7. The molecule has 136 valence electrons. The molecule has 0 spiro atoms. The Hall–Kier alpha value is -1.61. The Kier molecular flexibility index (Phi) is 7.70. The van der Waals surface area contributed by atoms with Gasteiger partial charge in [0, 0.05) is 53.0 Å². The van der Waals surface area contributed by atoms with Gasteiger partial charge in [-0.15, -0.1) is 24.0 Å². The van der Waals surface area contributed by atoms with Crippen LogP contribution >= 0.6 is 24.0 Å². The van der Waals surface area contributed by atoms with Crippen molar-refractivity contribution in [1.29, 1.82) is 0 Å². The molecule has 3 rings (SSSR count). The molecule has 0 aliphatic carbocycles. The topological polar surface area (TPSA) is 48.7 Å². The van der Waals surface area contributed by atoms with Crippen molar-refractivity contribution in [3.8, 4) is 0 Å². The minimum absolute atomic E-state index is 0. The predicted octanol–water partition coefficient (Wildman–Crippen LogP) is 1.93. The Morgan fingerprint density at radius 2 is 1.84 bits per heavy atom. The molecule has 0 radical (unpaired) electrons. The van der Waals surface area contributed by atoms with Crippen LogP contribution in [-0.4, -0.2) is 58.8 Å². The highest BCUT2D eigenvalue weighted by molar-refractivity contribution is 14.0. The zero-order chi connectivity index (χ0) is 16.8. The molecule has 2 aromatic rings. The van der Waals surface area contributed by atoms with Gasteiger partial charge in [0.2, 0.25) is 0 Å². The van der Waals surface area contributed by atoms with Crippen LogP contribution in [0.15, 0.2) is 47.6 Å². The molecule has 7 heteroatoms. The van der Waals surface area contributed by atoms with E-state index in [0.717, 1.165) is 50.9 Å². The lowest BCUT2D eigenvalue weighted by molar-refractivity contribution is 0.172. The molecule has 0 bridgehead atoms. The van der Waals surface area contributed by atoms with Crippen LogP contribution in [-0.2, 0) is 20.1 Å². The van der Waals surface area contributed by atoms with Crippen molar-refractivity contribution in [3.63, 3.8) is 0 Å². The molecule has 1 aliphatic rings. The van der Waals surface area contributed by atoms with Gasteiger partial charge in [0.15, 0.2) is 5.96 Å². The second kappa shape index (κ2) is 9.76. The van der Waals surface area contributed by atoms with E-state index in [4.69, 9.17) is 0 Å². The van der Waals surface area contributed by atoms with Crippen LogP contribution in [0.25, 0.3) is 0 Å². The molecule has 1 aromatic heterocycles. The highest BCUT2D eigenvalue weighted by Gasteiger charge is 2.19. The number of aromatic nitrogens is 2. The summed E-state index contributed by atoms with van der Waals surface area (Å²) in [5, 5.41) is 7.64. The van der Waals surface area contributed by atoms with Gasteiger partial charge >= 0.3 is 0 Å². The first kappa shape index (κ1) is 19.7. The van der Waals surface area contributed by atoms with Gasteiger partial charge in [-0.1, -0.05) is 30.3 Å². The number of nitrogens with zero attached hydrogens (tertiary/aromatic N) is 5. The van der Waals surface area contributed by atoms with E-state index >= 15 is 0 Å². The molecule has 1 aromatic carbocycles. The third-order valence-corrected chi connectivity index (χ3v) is 4.48. The zero-order valence-corrected chi connectivity index (χ0v) is 17.3. The molecule has 2 heterocycles. The molecular formula is C18H27IN6. The number of aryl methyl sites for hydroxylation is 1. The fraction of sp³-hybridized carbons (Fsp3) is 0.444. The zero-order valence-electron chi connectivity index (χ0n) is 14.9. The maximum absolute atomic E-state index is 4.43. The monoisotopic (exact) mass is 454 g/mol. The quantitative estimate of drug-likeness (QED) is 0.436. The van der Waals surface area contributed by atoms with Gasteiger partial charge in [0.1, 0.15) is 0 Å². The minimum Gasteiger partial charge on any atom is -0.351 e. The number of halogens is 1. The fourth-order valence-corrected chi connectivity index (χ4v) is 3.04. The lowest BCUT2D eigenvalue weighted by Gasteiger charge is -2.36. The van der Waals surface area contributed by atoms with Crippen molar-refractivity contribution in [1.82, 2.24) is 24.9 Å². The van der Waals surface area contributed by atoms with Crippen LogP contribution in [0.1, 0.15) is 11.3 Å². The number of aliphatic imine (C=N–C) groups is 1. The average molecular weight is 454 g/mol. The lowest BCUT2D eigenvalue weighted by atomic mass is 10.2. The van der Waals surface area contributed by atoms with Crippen molar-refractivity contribution in [2.75, 3.05) is 33.2 Å². The highest BCUT2D eigenvalue weighted by atomic mass is 127. The normalized spacial score (nSPS) is 15.8. The summed E-state index contributed by atoms with van der Waals surface area (Å²) >= 11 is 0. The third-order valence-electron chi connectivity index (χ3n) is 4.48. The SMILES string of the molecule is CN=C(NCc1ccnn1C)N1CCN(Cc2ccccc2)CC1.I. The predicted molar refractivity (Wildman–Crippen MR) is 112 cm³/mol. The fourth-order valence-electron chi connectivity index (χ4n) is 3.04. The standard InChI is InChI=1S/C18H26N6.HI/c1-19-18(20-14-17-8-9-21-22(17)2)24-12-10-23(11-13-24)15-16-6-4-3-5-7-16;/h3-9H,10-15H2,1-2H3,(H,19,20);1H. The van der Waals surface area contributed by atoms with Gasteiger partial charge in [0.25, 0.3) is 0 Å². The van der Waals surface area contributed by atoms with Crippen LogP contribution in [0.5, 0.6) is 0 Å². The lowest BCUT2D eigenvalue weighted by Crippen LogP contribution is -2.52. The number of guanidine groups is 1. The van der Waals surface area contributed by atoms with Crippen LogP contribution in [0.3, 0.4) is 0 Å². The van der Waals surface area contributed by atoms with E-state index in [1.54, 1.807) is 0 Å². The van der Waals surface area contributed by atoms with Crippen molar-refractivity contribution in [2.45, 2.75) is 13.1 Å². The van der Waals surface area contributed by atoms with Crippen LogP contribution in [0.2, 0.25) is 0 Å². The number of hydrogen-bond donors (Lipinski definition) is 1. The Morgan fingerprint density at radius 1 is 1.12 bits per heavy atom. The molecule has 0 atom stereocenters. The molecule has 0 unspecified atom stereocenters. The average Bonchev–Trinajstić information content (AvgIpc) is 3.03. The van der Waals surface area contributed by atoms with Crippen LogP contribution in [0, 0.1) is 0 Å². The second-order valence-electron chi connectivity index (χ2n) is 6.10. The molecule has 25 heavy (non-hydrogen) atoms. The van der Waals surface area contributed by atoms with Gasteiger partial charge in [-0.25, -0.2) is 0 Å². The molecule has 1 N–H and O–H groups in total. The van der Waals surface area contributed by atoms with Gasteiger partial charge in [-0.05, 0) is 11.6 Å². The van der Waals surface area contributed by atoms with Crippen LogP contribution < -0.4 is 5.32 Å². The van der Waals surface area contributed by atoms with E-state index in [1.807, 2.05) is 31.0 Å². The molecule has 0 saturated carbocycles. The number of rotatable bonds is 4. The second-order valence-corrected chi connectivity index (χ2v) is 6.10. The van der Waals surface area contributed by atoms with E-state index in [-0.39, 0.29) is 24.0 Å². The molecule has 1 saturated heterocycles. The summed E-state index contributed by atoms with van der Waals surface area (Å²) in [6.45, 7) is 5.88. The van der Waals surface area contributed by atoms with Crippen LogP contribution in [0.4, 0.5) is 0 Å². The Labute approximate surface area is 166 Å². The minimum atomic E-state index is 0. The number of piperazine rings is 1. The van der Waals surface area contributed by atoms with E-state index < -0.39 is 0 Å². The van der Waals surface area contributed by atoms with E-state index in [1.165, 1.54) is 5.56 Å². The molecular weight excluding hydrogens is 427 g/mol. The van der Waals surface area contributed by atoms with E-state index in [9.17, 15) is 0 Å². The number of hydrogen-bond acceptors (Lipinski definition) is 3. The first-order chi connectivity index (χ1) is 11.8. The number of nitrogens with one attached hydrogen (secondary N) is 1. The van der Waals surface area contributed by atoms with Gasteiger partial charge < -0.3 is 10.2 Å². The Bertz CT molecular complexity index is 661. The van der Waals surface area contributed by atoms with Gasteiger partial charge in [-0.2, -0.15) is 5.10 Å². The van der Waals surface area contributed by atoms with Gasteiger partial charge in [0.05, 0.1) is 12.2 Å². The first-order valence-corrected chi connectivity index (χ1v) is 8.45. The molecule has 1 aliphatic heterocycles. The summed E-state index contributed by atoms with van der Waals surface area (Å²) in [7, 11) is 3.81. The summed E-state index contributed by atoms with van der Waals surface area (Å²) in [4.78, 5) is 9.26. The summed E-state index contributed by atoms with van der Waals surface area (Å²) in [6.07, 6.45) is 1.82. The summed E-state index contributed by atoms with van der Waals surface area (Å²) < 4.78 is 1.89. The molecule has 0 amide bonds. The molecule has 1 fully saturated rings. The van der Waals surface area contributed by atoms with Crippen molar-refractivity contribution in [2.24, 2.45) is 12.0 Å². The highest BCUT2D eigenvalue weighted by Crippen LogP contribution is 2.08. The Balaban J connectivity index is 0.00000225. The van der Waals surface area contributed by atoms with E-state index in [2.05, 4.69) is 55.5 Å². The largest absolute Gasteiger partial charge is 0.351 e. The maximum Gasteiger partial charge on any atom is 0.194 e. The molecule has 6 nitrogen and oxygen atoms in total. The Morgan fingerprint density at radius 3 is 2.44 bits per heavy atom. The summed E-state index contributed by atoms with van der Waals surface area (Å²) in [5.74, 6) is 0.968. The maximum atomic E-state index is 4.43. The third kappa shape index (κ3) is 5.43. The van der Waals surface area contributed by atoms with Crippen molar-refractivity contribution < 1.29 is 0 Å². The van der Waals surface area contributed by atoms with Gasteiger partial charge in [-0.3, -0.25) is 14.6 Å². The van der Waals surface area contributed by atoms with Crippen molar-refractivity contribution in [3.05, 3.63) is 53.9 Å². The summed E-state index contributed by atoms with van der Waals surface area (Å²) in [5.41, 5.74) is 2.53. The van der Waals surface area contributed by atoms with Crippen molar-refractivity contribution >= 4 is 29.9 Å². The van der Waals surface area contributed by atoms with E-state index in [0.29, 0.717) is 0 Å².